The average molecular weight is 323 g/mol. The van der Waals surface area contributed by atoms with Crippen LogP contribution in [-0.2, 0) is 4.74 Å². The molecule has 0 aliphatic rings. The molecule has 0 spiro atoms. The van der Waals surface area contributed by atoms with Crippen LogP contribution in [0.15, 0.2) is 48.9 Å². The molecule has 0 aliphatic carbocycles. The Bertz CT molecular complexity index is 845. The van der Waals surface area contributed by atoms with Gasteiger partial charge in [-0.25, -0.2) is 19.4 Å². The molecule has 7 nitrogen and oxygen atoms in total. The van der Waals surface area contributed by atoms with Crippen LogP contribution in [0.4, 0.5) is 11.6 Å². The lowest BCUT2D eigenvalue weighted by Crippen LogP contribution is -2.10. The predicted octanol–water partition coefficient (Wildman–Crippen LogP) is 2.89. The van der Waals surface area contributed by atoms with Crippen molar-refractivity contribution in [3.05, 3.63) is 60.2 Å². The van der Waals surface area contributed by atoms with Gasteiger partial charge in [-0.15, -0.1) is 0 Å². The molecule has 2 aromatic heterocycles. The normalized spacial score (nSPS) is 10.4. The van der Waals surface area contributed by atoms with E-state index >= 15 is 0 Å². The highest BCUT2D eigenvalue weighted by molar-refractivity contribution is 5.95. The minimum atomic E-state index is -0.437. The predicted molar refractivity (Wildman–Crippen MR) is 89.6 cm³/mol. The largest absolute Gasteiger partial charge is 0.462 e. The van der Waals surface area contributed by atoms with Crippen molar-refractivity contribution < 1.29 is 9.53 Å². The minimum absolute atomic E-state index is 0.293. The van der Waals surface area contributed by atoms with Gasteiger partial charge in [0.25, 0.3) is 0 Å². The van der Waals surface area contributed by atoms with Crippen LogP contribution in [-0.4, -0.2) is 32.3 Å². The maximum Gasteiger partial charge on any atom is 0.343 e. The van der Waals surface area contributed by atoms with Crippen LogP contribution in [0.2, 0.25) is 0 Å². The van der Waals surface area contributed by atoms with Crippen LogP contribution in [0, 0.1) is 6.92 Å². The Morgan fingerprint density at radius 1 is 1.25 bits per heavy atom. The van der Waals surface area contributed by atoms with E-state index in [1.807, 2.05) is 37.3 Å². The van der Waals surface area contributed by atoms with Crippen molar-refractivity contribution in [2.75, 3.05) is 11.9 Å². The van der Waals surface area contributed by atoms with Gasteiger partial charge in [-0.1, -0.05) is 18.2 Å². The Balaban J connectivity index is 2.05. The molecular weight excluding hydrogens is 306 g/mol. The molecule has 122 valence electrons. The van der Waals surface area contributed by atoms with Crippen molar-refractivity contribution in [2.24, 2.45) is 0 Å². The molecule has 1 aromatic carbocycles. The zero-order valence-electron chi connectivity index (χ0n) is 13.4. The molecule has 7 heteroatoms. The van der Waals surface area contributed by atoms with Crippen LogP contribution in [0.5, 0.6) is 0 Å². The molecular formula is C17H17N5O2. The van der Waals surface area contributed by atoms with E-state index < -0.39 is 5.97 Å². The molecule has 0 amide bonds. The Morgan fingerprint density at radius 2 is 2.04 bits per heavy atom. The van der Waals surface area contributed by atoms with E-state index in [0.717, 1.165) is 11.4 Å². The molecule has 3 aromatic rings. The molecule has 0 aliphatic heterocycles. The third-order valence-corrected chi connectivity index (χ3v) is 3.32. The highest BCUT2D eigenvalue weighted by Gasteiger charge is 2.20. The number of benzene rings is 1. The van der Waals surface area contributed by atoms with E-state index in [1.54, 1.807) is 17.7 Å². The summed E-state index contributed by atoms with van der Waals surface area (Å²) >= 11 is 0. The van der Waals surface area contributed by atoms with E-state index in [1.165, 1.54) is 12.5 Å². The first-order valence-corrected chi connectivity index (χ1v) is 7.55. The number of carbonyl (C=O) groups is 1. The zero-order valence-corrected chi connectivity index (χ0v) is 13.4. The van der Waals surface area contributed by atoms with Gasteiger partial charge in [0.05, 0.1) is 18.5 Å². The molecule has 0 saturated carbocycles. The Kier molecular flexibility index (Phi) is 4.51. The summed E-state index contributed by atoms with van der Waals surface area (Å²) in [5, 5.41) is 7.47. The Hall–Kier alpha value is -3.22. The van der Waals surface area contributed by atoms with Gasteiger partial charge in [0.2, 0.25) is 0 Å². The van der Waals surface area contributed by atoms with Crippen molar-refractivity contribution in [3.63, 3.8) is 0 Å². The molecule has 0 radical (unpaired) electrons. The number of esters is 1. The summed E-state index contributed by atoms with van der Waals surface area (Å²) in [6.45, 7) is 3.93. The molecule has 24 heavy (non-hydrogen) atoms. The fourth-order valence-electron chi connectivity index (χ4n) is 2.24. The van der Waals surface area contributed by atoms with Crippen molar-refractivity contribution in [3.8, 4) is 5.69 Å². The van der Waals surface area contributed by atoms with E-state index in [2.05, 4.69) is 20.4 Å². The van der Waals surface area contributed by atoms with E-state index in [9.17, 15) is 4.79 Å². The lowest BCUT2D eigenvalue weighted by atomic mass is 10.3. The third kappa shape index (κ3) is 3.24. The van der Waals surface area contributed by atoms with Gasteiger partial charge in [-0.3, -0.25) is 0 Å². The summed E-state index contributed by atoms with van der Waals surface area (Å²) in [6, 6.07) is 11.3. The van der Waals surface area contributed by atoms with Gasteiger partial charge in [0.15, 0.2) is 0 Å². The Morgan fingerprint density at radius 3 is 2.75 bits per heavy atom. The van der Waals surface area contributed by atoms with Gasteiger partial charge in [-0.05, 0) is 26.0 Å². The summed E-state index contributed by atoms with van der Waals surface area (Å²) in [5.74, 6) is 0.636. The zero-order chi connectivity index (χ0) is 16.9. The number of ether oxygens (including phenoxy) is 1. The number of aromatic nitrogens is 4. The van der Waals surface area contributed by atoms with Crippen LogP contribution in [0.3, 0.4) is 0 Å². The number of para-hydroxylation sites is 1. The third-order valence-electron chi connectivity index (χ3n) is 3.32. The molecule has 0 bridgehead atoms. The van der Waals surface area contributed by atoms with Crippen LogP contribution >= 0.6 is 0 Å². The first-order chi connectivity index (χ1) is 11.7. The number of hydrogen-bond acceptors (Lipinski definition) is 6. The van der Waals surface area contributed by atoms with Crippen molar-refractivity contribution in [1.29, 1.82) is 0 Å². The average Bonchev–Trinajstić information content (AvgIpc) is 2.99. The first-order valence-electron chi connectivity index (χ1n) is 7.55. The standard InChI is InChI=1S/C17H17N5O2/c1-3-24-17(23)14-10-20-22(13-7-5-4-6-8-13)16(14)21-15-9-12(2)18-11-19-15/h4-11H,3H2,1-2H3,(H,18,19,21). The number of nitrogens with zero attached hydrogens (tertiary/aromatic N) is 4. The van der Waals surface area contributed by atoms with Crippen LogP contribution < -0.4 is 5.32 Å². The SMILES string of the molecule is CCOC(=O)c1cnn(-c2ccccc2)c1Nc1cc(C)ncn1. The van der Waals surface area contributed by atoms with Crippen molar-refractivity contribution in [1.82, 2.24) is 19.7 Å². The molecule has 2 heterocycles. The van der Waals surface area contributed by atoms with Gasteiger partial charge in [-0.2, -0.15) is 5.10 Å². The maximum atomic E-state index is 12.2. The lowest BCUT2D eigenvalue weighted by molar-refractivity contribution is 0.0527. The number of carbonyl (C=O) groups excluding carboxylic acids is 1. The topological polar surface area (TPSA) is 81.9 Å². The van der Waals surface area contributed by atoms with E-state index in [0.29, 0.717) is 23.8 Å². The summed E-state index contributed by atoms with van der Waals surface area (Å²) in [4.78, 5) is 20.5. The van der Waals surface area contributed by atoms with Crippen molar-refractivity contribution in [2.45, 2.75) is 13.8 Å². The molecule has 3 rings (SSSR count). The van der Waals surface area contributed by atoms with E-state index in [-0.39, 0.29) is 0 Å². The number of nitrogens with one attached hydrogen (secondary N) is 1. The second-order valence-corrected chi connectivity index (χ2v) is 5.04. The van der Waals surface area contributed by atoms with Crippen LogP contribution in [0.1, 0.15) is 23.0 Å². The minimum Gasteiger partial charge on any atom is -0.462 e. The summed E-state index contributed by atoms with van der Waals surface area (Å²) in [6.07, 6.45) is 2.95. The highest BCUT2D eigenvalue weighted by Crippen LogP contribution is 2.24. The van der Waals surface area contributed by atoms with Crippen LogP contribution in [0.25, 0.3) is 5.69 Å². The van der Waals surface area contributed by atoms with E-state index in [4.69, 9.17) is 4.74 Å². The second-order valence-electron chi connectivity index (χ2n) is 5.04. The fraction of sp³-hybridized carbons (Fsp3) is 0.176. The number of rotatable bonds is 5. The summed E-state index contributed by atoms with van der Waals surface area (Å²) in [5.41, 5.74) is 1.98. The highest BCUT2D eigenvalue weighted by atomic mass is 16.5. The fourth-order valence-corrected chi connectivity index (χ4v) is 2.24. The molecule has 0 atom stereocenters. The lowest BCUT2D eigenvalue weighted by Gasteiger charge is -2.11. The second kappa shape index (κ2) is 6.91. The van der Waals surface area contributed by atoms with Gasteiger partial charge >= 0.3 is 5.97 Å². The monoisotopic (exact) mass is 323 g/mol. The molecule has 0 fully saturated rings. The molecule has 0 saturated heterocycles. The van der Waals surface area contributed by atoms with Gasteiger partial charge in [0, 0.05) is 11.8 Å². The number of anilines is 2. The number of hydrogen-bond donors (Lipinski definition) is 1. The number of aryl methyl sites for hydroxylation is 1. The first kappa shape index (κ1) is 15.7. The van der Waals surface area contributed by atoms with Gasteiger partial charge in [0.1, 0.15) is 23.5 Å². The Labute approximate surface area is 139 Å². The summed E-state index contributed by atoms with van der Waals surface area (Å²) < 4.78 is 6.76. The molecule has 0 unspecified atom stereocenters. The quantitative estimate of drug-likeness (QED) is 0.727. The smallest absolute Gasteiger partial charge is 0.343 e. The van der Waals surface area contributed by atoms with Crippen molar-refractivity contribution >= 4 is 17.6 Å². The van der Waals surface area contributed by atoms with Gasteiger partial charge < -0.3 is 10.1 Å². The molecule has 1 N–H and O–H groups in total. The summed E-state index contributed by atoms with van der Waals surface area (Å²) in [7, 11) is 0. The maximum absolute atomic E-state index is 12.2.